The van der Waals surface area contributed by atoms with E-state index in [1.165, 1.54) is 5.56 Å². The number of ether oxygens (including phenoxy) is 3. The lowest BCUT2D eigenvalue weighted by Crippen LogP contribution is -2.35. The molecule has 3 rings (SSSR count). The maximum atomic E-state index is 5.75. The van der Waals surface area contributed by atoms with Crippen LogP contribution in [0.2, 0.25) is 0 Å². The lowest BCUT2D eigenvalue weighted by atomic mass is 10.0. The minimum absolute atomic E-state index is 0.0259. The van der Waals surface area contributed by atoms with Crippen molar-refractivity contribution in [2.24, 2.45) is 10.9 Å². The molecule has 7 heteroatoms. The van der Waals surface area contributed by atoms with E-state index in [0.29, 0.717) is 17.2 Å². The summed E-state index contributed by atoms with van der Waals surface area (Å²) < 4.78 is 16.3. The number of benzene rings is 2. The van der Waals surface area contributed by atoms with Crippen LogP contribution in [-0.4, -0.2) is 38.8 Å². The minimum Gasteiger partial charge on any atom is -0.493 e. The highest BCUT2D eigenvalue weighted by atomic mass is 32.2. The van der Waals surface area contributed by atoms with Gasteiger partial charge in [0.05, 0.1) is 38.5 Å². The van der Waals surface area contributed by atoms with Gasteiger partial charge in [-0.05, 0) is 17.7 Å². The molecule has 1 aliphatic rings. The van der Waals surface area contributed by atoms with Crippen molar-refractivity contribution in [1.29, 1.82) is 0 Å². The van der Waals surface area contributed by atoms with E-state index in [9.17, 15) is 0 Å². The maximum absolute atomic E-state index is 5.75. The number of methoxy groups -OCH3 is 3. The molecular formula is C19H23N3O3S. The fourth-order valence-electron chi connectivity index (χ4n) is 3.04. The molecule has 6 nitrogen and oxygen atoms in total. The van der Waals surface area contributed by atoms with E-state index in [2.05, 4.69) is 22.6 Å². The topological polar surface area (TPSA) is 78.1 Å². The van der Waals surface area contributed by atoms with E-state index >= 15 is 0 Å². The average Bonchev–Trinajstić information content (AvgIpc) is 3.18. The van der Waals surface area contributed by atoms with Crippen molar-refractivity contribution in [3.8, 4) is 17.2 Å². The van der Waals surface area contributed by atoms with Crippen molar-refractivity contribution in [2.45, 2.75) is 11.4 Å². The minimum atomic E-state index is 0.0259. The summed E-state index contributed by atoms with van der Waals surface area (Å²) in [5.41, 5.74) is 2.84. The maximum Gasteiger partial charge on any atom is 0.203 e. The molecule has 0 aromatic heterocycles. The zero-order valence-corrected chi connectivity index (χ0v) is 15.9. The molecule has 2 atom stereocenters. The summed E-state index contributed by atoms with van der Waals surface area (Å²) in [5.74, 6) is 8.32. The van der Waals surface area contributed by atoms with Crippen molar-refractivity contribution in [2.75, 3.05) is 27.1 Å². The van der Waals surface area contributed by atoms with Crippen LogP contribution in [0, 0.1) is 0 Å². The average molecular weight is 373 g/mol. The highest BCUT2D eigenvalue weighted by Gasteiger charge is 2.30. The molecule has 2 aromatic carbocycles. The number of nitrogens with zero attached hydrogens (tertiary/aromatic N) is 1. The van der Waals surface area contributed by atoms with Crippen LogP contribution < -0.4 is 25.4 Å². The number of thioether (sulfide) groups is 1. The molecule has 0 spiro atoms. The molecule has 138 valence electrons. The molecule has 1 saturated heterocycles. The Morgan fingerprint density at radius 3 is 2.27 bits per heavy atom. The fraction of sp³-hybridized carbons (Fsp3) is 0.316. The van der Waals surface area contributed by atoms with Gasteiger partial charge in [-0.25, -0.2) is 0 Å². The SMILES string of the molecule is COc1cc(/C(=N/N)C2CSC(c3ccccc3)N2)cc(OC)c1OC. The Morgan fingerprint density at radius 1 is 1.08 bits per heavy atom. The van der Waals surface area contributed by atoms with Crippen molar-refractivity contribution >= 4 is 17.5 Å². The lowest BCUT2D eigenvalue weighted by Gasteiger charge is -2.18. The van der Waals surface area contributed by atoms with Crippen LogP contribution in [0.3, 0.4) is 0 Å². The normalized spacial score (nSPS) is 20.0. The summed E-state index contributed by atoms with van der Waals surface area (Å²) in [7, 11) is 4.77. The molecule has 0 amide bonds. The molecule has 2 unspecified atom stereocenters. The molecule has 0 bridgehead atoms. The Morgan fingerprint density at radius 2 is 1.73 bits per heavy atom. The molecule has 1 fully saturated rings. The van der Waals surface area contributed by atoms with E-state index in [1.54, 1.807) is 21.3 Å². The van der Waals surface area contributed by atoms with Crippen LogP contribution in [0.5, 0.6) is 17.2 Å². The van der Waals surface area contributed by atoms with Crippen LogP contribution in [0.25, 0.3) is 0 Å². The number of rotatable bonds is 6. The second kappa shape index (κ2) is 8.33. The molecule has 0 radical (unpaired) electrons. The van der Waals surface area contributed by atoms with Gasteiger partial charge in [0.15, 0.2) is 11.5 Å². The molecule has 0 aliphatic carbocycles. The van der Waals surface area contributed by atoms with Crippen LogP contribution in [0.4, 0.5) is 0 Å². The Labute approximate surface area is 157 Å². The van der Waals surface area contributed by atoms with Crippen molar-refractivity contribution in [1.82, 2.24) is 5.32 Å². The first kappa shape index (κ1) is 18.4. The molecule has 2 aromatic rings. The van der Waals surface area contributed by atoms with Crippen LogP contribution in [0.15, 0.2) is 47.6 Å². The summed E-state index contributed by atoms with van der Waals surface area (Å²) in [6.07, 6.45) is 0. The Bertz CT molecular complexity index is 758. The number of nitrogens with one attached hydrogen (secondary N) is 1. The van der Waals surface area contributed by atoms with Crippen LogP contribution in [-0.2, 0) is 0 Å². The largest absolute Gasteiger partial charge is 0.493 e. The standard InChI is InChI=1S/C19H23N3O3S/c1-23-15-9-13(10-16(24-2)18(15)25-3)17(22-20)14-11-26-19(21-14)12-7-5-4-6-8-12/h4-10,14,19,21H,11,20H2,1-3H3/b22-17-. The molecular weight excluding hydrogens is 350 g/mol. The van der Waals surface area contributed by atoms with Gasteiger partial charge in [0, 0.05) is 11.3 Å². The third-order valence-corrected chi connectivity index (χ3v) is 5.58. The van der Waals surface area contributed by atoms with E-state index in [0.717, 1.165) is 17.0 Å². The van der Waals surface area contributed by atoms with Crippen LogP contribution in [0.1, 0.15) is 16.5 Å². The third-order valence-electron chi connectivity index (χ3n) is 4.31. The van der Waals surface area contributed by atoms with Gasteiger partial charge in [0.2, 0.25) is 5.75 Å². The van der Waals surface area contributed by atoms with Gasteiger partial charge >= 0.3 is 0 Å². The number of nitrogens with two attached hydrogens (primary N) is 1. The van der Waals surface area contributed by atoms with Gasteiger partial charge in [0.25, 0.3) is 0 Å². The van der Waals surface area contributed by atoms with Crippen molar-refractivity contribution in [3.05, 3.63) is 53.6 Å². The van der Waals surface area contributed by atoms with Gasteiger partial charge < -0.3 is 20.1 Å². The highest BCUT2D eigenvalue weighted by Crippen LogP contribution is 2.40. The first-order chi connectivity index (χ1) is 12.7. The zero-order valence-electron chi connectivity index (χ0n) is 15.1. The van der Waals surface area contributed by atoms with Gasteiger partial charge in [-0.15, -0.1) is 11.8 Å². The zero-order chi connectivity index (χ0) is 18.5. The first-order valence-corrected chi connectivity index (χ1v) is 9.27. The summed E-state index contributed by atoms with van der Waals surface area (Å²) in [5, 5.41) is 7.87. The van der Waals surface area contributed by atoms with Gasteiger partial charge in [-0.3, -0.25) is 5.32 Å². The Hall–Kier alpha value is -2.38. The molecule has 1 aliphatic heterocycles. The third kappa shape index (κ3) is 3.59. The summed E-state index contributed by atoms with van der Waals surface area (Å²) >= 11 is 1.83. The smallest absolute Gasteiger partial charge is 0.203 e. The summed E-state index contributed by atoms with van der Waals surface area (Å²) in [6.45, 7) is 0. The Kier molecular flexibility index (Phi) is 5.90. The molecule has 1 heterocycles. The monoisotopic (exact) mass is 373 g/mol. The predicted octanol–water partition coefficient (Wildman–Crippen LogP) is 2.78. The van der Waals surface area contributed by atoms with Gasteiger partial charge in [0.1, 0.15) is 0 Å². The highest BCUT2D eigenvalue weighted by molar-refractivity contribution is 7.99. The predicted molar refractivity (Wildman–Crippen MR) is 105 cm³/mol. The van der Waals surface area contributed by atoms with Crippen LogP contribution >= 0.6 is 11.8 Å². The number of hydrogen-bond acceptors (Lipinski definition) is 7. The fourth-order valence-corrected chi connectivity index (χ4v) is 4.29. The second-order valence-electron chi connectivity index (χ2n) is 5.77. The van der Waals surface area contributed by atoms with Gasteiger partial charge in [-0.1, -0.05) is 30.3 Å². The summed E-state index contributed by atoms with van der Waals surface area (Å²) in [6, 6.07) is 14.1. The lowest BCUT2D eigenvalue weighted by molar-refractivity contribution is 0.324. The van der Waals surface area contributed by atoms with Crippen molar-refractivity contribution in [3.63, 3.8) is 0 Å². The number of hydrogen-bond donors (Lipinski definition) is 2. The van der Waals surface area contributed by atoms with E-state index in [1.807, 2.05) is 42.1 Å². The first-order valence-electron chi connectivity index (χ1n) is 8.22. The van der Waals surface area contributed by atoms with E-state index in [4.69, 9.17) is 20.1 Å². The quantitative estimate of drug-likeness (QED) is 0.461. The van der Waals surface area contributed by atoms with Crippen molar-refractivity contribution < 1.29 is 14.2 Å². The molecule has 3 N–H and O–H groups in total. The summed E-state index contributed by atoms with van der Waals surface area (Å²) in [4.78, 5) is 0. The molecule has 0 saturated carbocycles. The number of hydrazone groups is 1. The Balaban J connectivity index is 1.88. The molecule has 26 heavy (non-hydrogen) atoms. The van der Waals surface area contributed by atoms with E-state index < -0.39 is 0 Å². The second-order valence-corrected chi connectivity index (χ2v) is 6.91. The van der Waals surface area contributed by atoms with Gasteiger partial charge in [-0.2, -0.15) is 5.10 Å². The van der Waals surface area contributed by atoms with E-state index in [-0.39, 0.29) is 11.4 Å².